The topological polar surface area (TPSA) is 50.2 Å². The summed E-state index contributed by atoms with van der Waals surface area (Å²) in [5.74, 6) is -2.30. The molecule has 1 heterocycles. The molecule has 0 bridgehead atoms. The van der Waals surface area contributed by atoms with Crippen molar-refractivity contribution in [2.45, 2.75) is 26.2 Å². The number of pyridine rings is 1. The zero-order chi connectivity index (χ0) is 18.1. The summed E-state index contributed by atoms with van der Waals surface area (Å²) < 4.78 is 27.2. The first-order valence-corrected chi connectivity index (χ1v) is 8.04. The minimum atomic E-state index is -1.11. The minimum Gasteiger partial charge on any atom is -0.478 e. The molecule has 5 heteroatoms. The van der Waals surface area contributed by atoms with Crippen LogP contribution in [0.4, 0.5) is 8.78 Å². The maximum absolute atomic E-state index is 14.1. The molecule has 25 heavy (non-hydrogen) atoms. The molecule has 3 rings (SSSR count). The number of fused-ring (bicyclic) bond motifs is 1. The zero-order valence-electron chi connectivity index (χ0n) is 13.9. The Morgan fingerprint density at radius 1 is 1.16 bits per heavy atom. The van der Waals surface area contributed by atoms with Crippen molar-refractivity contribution < 1.29 is 18.7 Å². The Kier molecular flexibility index (Phi) is 4.49. The Morgan fingerprint density at radius 3 is 2.56 bits per heavy atom. The average Bonchev–Trinajstić information content (AvgIpc) is 2.59. The van der Waals surface area contributed by atoms with E-state index in [-0.39, 0.29) is 16.8 Å². The van der Waals surface area contributed by atoms with Gasteiger partial charge in [0.2, 0.25) is 0 Å². The van der Waals surface area contributed by atoms with Gasteiger partial charge in [-0.2, -0.15) is 0 Å². The highest BCUT2D eigenvalue weighted by Gasteiger charge is 2.16. The highest BCUT2D eigenvalue weighted by atomic mass is 19.1. The maximum atomic E-state index is 14.1. The molecule has 0 aliphatic heterocycles. The number of carboxylic acid groups (broad SMARTS) is 1. The van der Waals surface area contributed by atoms with E-state index in [2.05, 4.69) is 18.8 Å². The first-order valence-electron chi connectivity index (χ1n) is 8.04. The summed E-state index contributed by atoms with van der Waals surface area (Å²) in [7, 11) is 0. The second-order valence-electron chi connectivity index (χ2n) is 6.07. The molecule has 3 nitrogen and oxygen atoms in total. The lowest BCUT2D eigenvalue weighted by molar-refractivity contribution is 0.0699. The van der Waals surface area contributed by atoms with Gasteiger partial charge in [0.25, 0.3) is 0 Å². The summed E-state index contributed by atoms with van der Waals surface area (Å²) in [5, 5.41) is 10.1. The number of aromatic nitrogens is 1. The van der Waals surface area contributed by atoms with Crippen molar-refractivity contribution in [2.75, 3.05) is 0 Å². The molecule has 0 saturated carbocycles. The van der Waals surface area contributed by atoms with Gasteiger partial charge in [-0.15, -0.1) is 0 Å². The summed E-state index contributed by atoms with van der Waals surface area (Å²) in [6.07, 6.45) is 0.931. The third kappa shape index (κ3) is 3.22. The van der Waals surface area contributed by atoms with E-state index in [1.807, 2.05) is 12.1 Å². The van der Waals surface area contributed by atoms with Gasteiger partial charge < -0.3 is 5.11 Å². The zero-order valence-corrected chi connectivity index (χ0v) is 13.9. The van der Waals surface area contributed by atoms with Crippen LogP contribution < -0.4 is 0 Å². The fourth-order valence-corrected chi connectivity index (χ4v) is 2.80. The number of halogens is 2. The van der Waals surface area contributed by atoms with Crippen molar-refractivity contribution in [2.24, 2.45) is 0 Å². The quantitative estimate of drug-likeness (QED) is 0.692. The van der Waals surface area contributed by atoms with Crippen molar-refractivity contribution in [1.82, 2.24) is 4.98 Å². The van der Waals surface area contributed by atoms with Crippen molar-refractivity contribution in [3.8, 4) is 11.3 Å². The molecule has 0 aliphatic carbocycles. The van der Waals surface area contributed by atoms with Crippen LogP contribution in [0, 0.1) is 11.6 Å². The van der Waals surface area contributed by atoms with Gasteiger partial charge in [0, 0.05) is 17.0 Å². The number of nitrogens with zero attached hydrogens (tertiary/aromatic N) is 1. The number of hydrogen-bond acceptors (Lipinski definition) is 2. The maximum Gasteiger partial charge on any atom is 0.336 e. The van der Waals surface area contributed by atoms with Gasteiger partial charge in [0.15, 0.2) is 0 Å². The van der Waals surface area contributed by atoms with Crippen molar-refractivity contribution in [3.05, 3.63) is 65.2 Å². The van der Waals surface area contributed by atoms with Gasteiger partial charge in [0.1, 0.15) is 11.6 Å². The highest BCUT2D eigenvalue weighted by Crippen LogP contribution is 2.30. The molecule has 1 atom stereocenters. The molecular weight excluding hydrogens is 324 g/mol. The van der Waals surface area contributed by atoms with Gasteiger partial charge in [-0.25, -0.2) is 18.6 Å². The molecule has 0 aliphatic rings. The third-order valence-corrected chi connectivity index (χ3v) is 4.45. The van der Waals surface area contributed by atoms with E-state index in [0.29, 0.717) is 16.8 Å². The van der Waals surface area contributed by atoms with E-state index in [1.165, 1.54) is 12.1 Å². The number of benzene rings is 2. The number of carboxylic acids is 1. The van der Waals surface area contributed by atoms with Crippen LogP contribution in [0.2, 0.25) is 0 Å². The van der Waals surface area contributed by atoms with Crippen LogP contribution in [0.5, 0.6) is 0 Å². The molecular formula is C20H17F2NO2. The molecule has 128 valence electrons. The summed E-state index contributed by atoms with van der Waals surface area (Å²) >= 11 is 0. The van der Waals surface area contributed by atoms with Crippen LogP contribution >= 0.6 is 0 Å². The van der Waals surface area contributed by atoms with Crippen molar-refractivity contribution in [3.63, 3.8) is 0 Å². The molecule has 0 spiro atoms. The molecule has 0 saturated heterocycles. The van der Waals surface area contributed by atoms with E-state index < -0.39 is 17.6 Å². The minimum absolute atomic E-state index is 0.0499. The molecule has 0 fully saturated rings. The fourth-order valence-electron chi connectivity index (χ4n) is 2.80. The molecule has 0 amide bonds. The molecule has 2 aromatic carbocycles. The van der Waals surface area contributed by atoms with E-state index in [1.54, 1.807) is 6.07 Å². The Balaban J connectivity index is 2.25. The standard InChI is InChI=1S/C20H17F2NO2/c1-3-11(2)12-4-7-18-15(8-12)16(20(24)25)10-19(23-18)14-6-5-13(21)9-17(14)22/h4-11H,3H2,1-2H3,(H,24,25). The summed E-state index contributed by atoms with van der Waals surface area (Å²) in [5.41, 5.74) is 1.77. The van der Waals surface area contributed by atoms with Crippen LogP contribution in [0.3, 0.4) is 0 Å². The number of rotatable bonds is 4. The highest BCUT2D eigenvalue weighted by molar-refractivity contribution is 6.04. The van der Waals surface area contributed by atoms with Gasteiger partial charge in [-0.3, -0.25) is 0 Å². The first-order chi connectivity index (χ1) is 11.9. The number of carbonyl (C=O) groups is 1. The Labute approximate surface area is 144 Å². The van der Waals surface area contributed by atoms with Gasteiger partial charge >= 0.3 is 5.97 Å². The third-order valence-electron chi connectivity index (χ3n) is 4.45. The predicted octanol–water partition coefficient (Wildman–Crippen LogP) is 5.39. The van der Waals surface area contributed by atoms with Crippen molar-refractivity contribution >= 4 is 16.9 Å². The average molecular weight is 341 g/mol. The van der Waals surface area contributed by atoms with E-state index in [0.717, 1.165) is 24.1 Å². The lowest BCUT2D eigenvalue weighted by Crippen LogP contribution is -2.02. The van der Waals surface area contributed by atoms with Gasteiger partial charge in [0.05, 0.1) is 16.8 Å². The first kappa shape index (κ1) is 17.0. The lowest BCUT2D eigenvalue weighted by atomic mass is 9.95. The lowest BCUT2D eigenvalue weighted by Gasteiger charge is -2.12. The second-order valence-corrected chi connectivity index (χ2v) is 6.07. The van der Waals surface area contributed by atoms with Crippen LogP contribution in [0.1, 0.15) is 42.1 Å². The van der Waals surface area contributed by atoms with Crippen molar-refractivity contribution in [1.29, 1.82) is 0 Å². The number of hydrogen-bond donors (Lipinski definition) is 1. The SMILES string of the molecule is CCC(C)c1ccc2nc(-c3ccc(F)cc3F)cc(C(=O)O)c2c1. The summed E-state index contributed by atoms with van der Waals surface area (Å²) in [4.78, 5) is 16.1. The molecule has 3 aromatic rings. The molecule has 1 N–H and O–H groups in total. The Hall–Kier alpha value is -2.82. The second kappa shape index (κ2) is 6.59. The molecule has 1 unspecified atom stereocenters. The van der Waals surface area contributed by atoms with Crippen LogP contribution in [0.15, 0.2) is 42.5 Å². The predicted molar refractivity (Wildman–Crippen MR) is 92.8 cm³/mol. The Bertz CT molecular complexity index is 969. The smallest absolute Gasteiger partial charge is 0.336 e. The van der Waals surface area contributed by atoms with E-state index >= 15 is 0 Å². The van der Waals surface area contributed by atoms with Gasteiger partial charge in [-0.1, -0.05) is 19.9 Å². The molecule has 1 aromatic heterocycles. The van der Waals surface area contributed by atoms with Gasteiger partial charge in [-0.05, 0) is 48.2 Å². The monoisotopic (exact) mass is 341 g/mol. The van der Waals surface area contributed by atoms with Crippen LogP contribution in [-0.2, 0) is 0 Å². The summed E-state index contributed by atoms with van der Waals surface area (Å²) in [6, 6.07) is 9.95. The largest absolute Gasteiger partial charge is 0.478 e. The Morgan fingerprint density at radius 2 is 1.92 bits per heavy atom. The van der Waals surface area contributed by atoms with E-state index in [9.17, 15) is 18.7 Å². The van der Waals surface area contributed by atoms with Crippen LogP contribution in [0.25, 0.3) is 22.2 Å². The number of aromatic carboxylic acids is 1. The van der Waals surface area contributed by atoms with Crippen LogP contribution in [-0.4, -0.2) is 16.1 Å². The fraction of sp³-hybridized carbons (Fsp3) is 0.200. The normalized spacial score (nSPS) is 12.3. The molecule has 0 radical (unpaired) electrons. The summed E-state index contributed by atoms with van der Waals surface area (Å²) in [6.45, 7) is 4.13. The van der Waals surface area contributed by atoms with E-state index in [4.69, 9.17) is 0 Å².